The third-order valence-electron chi connectivity index (χ3n) is 3.63. The van der Waals surface area contributed by atoms with Gasteiger partial charge >= 0.3 is 0 Å². The van der Waals surface area contributed by atoms with Crippen molar-refractivity contribution in [3.05, 3.63) is 16.1 Å². The molecule has 1 atom stereocenters. The minimum absolute atomic E-state index is 0.233. The van der Waals surface area contributed by atoms with E-state index in [1.54, 1.807) is 6.20 Å². The van der Waals surface area contributed by atoms with E-state index < -0.39 is 24.0 Å². The van der Waals surface area contributed by atoms with Gasteiger partial charge in [-0.05, 0) is 19.8 Å². The number of nitrogens with zero attached hydrogens (tertiary/aromatic N) is 2. The van der Waals surface area contributed by atoms with Crippen LogP contribution >= 0.6 is 11.3 Å². The lowest BCUT2D eigenvalue weighted by molar-refractivity contribution is -0.146. The van der Waals surface area contributed by atoms with E-state index in [-0.39, 0.29) is 5.91 Å². The fourth-order valence-corrected chi connectivity index (χ4v) is 3.22. The average molecular weight is 299 g/mol. The van der Waals surface area contributed by atoms with Crippen LogP contribution in [0.25, 0.3) is 0 Å². The zero-order chi connectivity index (χ0) is 14.9. The summed E-state index contributed by atoms with van der Waals surface area (Å²) in [5, 5.41) is 18.8. The number of hydrogen-bond acceptors (Lipinski definition) is 6. The Labute approximate surface area is 120 Å². The Hall–Kier alpha value is -1.51. The summed E-state index contributed by atoms with van der Waals surface area (Å²) in [6, 6.07) is -1.10. The quantitative estimate of drug-likeness (QED) is 0.516. The maximum absolute atomic E-state index is 12.6. The second kappa shape index (κ2) is 5.47. The Bertz CT molecular complexity index is 527. The summed E-state index contributed by atoms with van der Waals surface area (Å²) in [6.07, 6.45) is 3.10. The van der Waals surface area contributed by atoms with Crippen molar-refractivity contribution in [1.29, 1.82) is 0 Å². The average Bonchev–Trinajstić information content (AvgIpc) is 3.14. The highest BCUT2D eigenvalue weighted by Crippen LogP contribution is 2.51. The predicted molar refractivity (Wildman–Crippen MR) is 71.3 cm³/mol. The third-order valence-corrected chi connectivity index (χ3v) is 4.74. The molecule has 0 unspecified atom stereocenters. The number of aliphatic hydroxyl groups excluding tert-OH is 1. The molecular weight excluding hydrogens is 282 g/mol. The number of aliphatic hydroxyl groups is 1. The number of hydroxylamine groups is 1. The molecule has 1 aliphatic rings. The van der Waals surface area contributed by atoms with Crippen LogP contribution < -0.4 is 5.48 Å². The van der Waals surface area contributed by atoms with Gasteiger partial charge in [0.1, 0.15) is 6.04 Å². The molecule has 8 heteroatoms. The second-order valence-electron chi connectivity index (χ2n) is 4.92. The van der Waals surface area contributed by atoms with Gasteiger partial charge in [-0.3, -0.25) is 14.8 Å². The normalized spacial score (nSPS) is 17.4. The molecule has 1 aliphatic carbocycles. The van der Waals surface area contributed by atoms with Crippen molar-refractivity contribution in [1.82, 2.24) is 15.4 Å². The zero-order valence-electron chi connectivity index (χ0n) is 11.3. The molecule has 0 aliphatic heterocycles. The SMILES string of the molecule is Cc1ncc(C2(C(=O)N(C)[C@H](CO)C(=O)NO)CC2)s1. The Morgan fingerprint density at radius 3 is 2.65 bits per heavy atom. The van der Waals surface area contributed by atoms with E-state index in [2.05, 4.69) is 4.98 Å². The number of carbonyl (C=O) groups is 2. The maximum atomic E-state index is 12.6. The van der Waals surface area contributed by atoms with Crippen molar-refractivity contribution in [3.63, 3.8) is 0 Å². The van der Waals surface area contributed by atoms with Crippen LogP contribution in [0.5, 0.6) is 0 Å². The van der Waals surface area contributed by atoms with Crippen LogP contribution in [0.15, 0.2) is 6.20 Å². The second-order valence-corrected chi connectivity index (χ2v) is 6.15. The number of aryl methyl sites for hydroxylation is 1. The van der Waals surface area contributed by atoms with Gasteiger partial charge in [-0.2, -0.15) is 0 Å². The molecular formula is C12H17N3O4S. The number of carbonyl (C=O) groups excluding carboxylic acids is 2. The lowest BCUT2D eigenvalue weighted by Gasteiger charge is -2.28. The summed E-state index contributed by atoms with van der Waals surface area (Å²) in [6.45, 7) is 1.32. The molecule has 2 rings (SSSR count). The molecule has 1 aromatic rings. The van der Waals surface area contributed by atoms with E-state index >= 15 is 0 Å². The van der Waals surface area contributed by atoms with Crippen LogP contribution in [0.1, 0.15) is 22.7 Å². The van der Waals surface area contributed by atoms with Crippen molar-refractivity contribution < 1.29 is 19.9 Å². The van der Waals surface area contributed by atoms with E-state index in [1.165, 1.54) is 28.8 Å². The molecule has 0 saturated heterocycles. The van der Waals surface area contributed by atoms with Gasteiger partial charge in [-0.25, -0.2) is 10.5 Å². The van der Waals surface area contributed by atoms with Gasteiger partial charge in [0.25, 0.3) is 5.91 Å². The Morgan fingerprint density at radius 1 is 1.60 bits per heavy atom. The summed E-state index contributed by atoms with van der Waals surface area (Å²) in [7, 11) is 1.45. The smallest absolute Gasteiger partial charge is 0.268 e. The van der Waals surface area contributed by atoms with Crippen LogP contribution in [0.2, 0.25) is 0 Å². The van der Waals surface area contributed by atoms with E-state index in [0.29, 0.717) is 12.8 Å². The number of amides is 2. The molecule has 0 radical (unpaired) electrons. The monoisotopic (exact) mass is 299 g/mol. The van der Waals surface area contributed by atoms with Crippen molar-refractivity contribution in [2.45, 2.75) is 31.2 Å². The number of hydrogen-bond donors (Lipinski definition) is 3. The number of thiazole rings is 1. The molecule has 20 heavy (non-hydrogen) atoms. The summed E-state index contributed by atoms with van der Waals surface area (Å²) in [5.74, 6) is -1.04. The molecule has 110 valence electrons. The van der Waals surface area contributed by atoms with Gasteiger partial charge in [-0.1, -0.05) is 0 Å². The highest BCUT2D eigenvalue weighted by molar-refractivity contribution is 7.11. The molecule has 0 spiro atoms. The van der Waals surface area contributed by atoms with Gasteiger partial charge < -0.3 is 10.0 Å². The molecule has 1 saturated carbocycles. The Balaban J connectivity index is 2.20. The summed E-state index contributed by atoms with van der Waals surface area (Å²) in [4.78, 5) is 30.3. The number of likely N-dealkylation sites (N-methyl/N-ethyl adjacent to an activating group) is 1. The third kappa shape index (κ3) is 2.41. The molecule has 1 fully saturated rings. The van der Waals surface area contributed by atoms with E-state index in [1.807, 2.05) is 6.92 Å². The van der Waals surface area contributed by atoms with Crippen molar-refractivity contribution in [3.8, 4) is 0 Å². The molecule has 0 bridgehead atoms. The summed E-state index contributed by atoms with van der Waals surface area (Å²) >= 11 is 1.47. The highest BCUT2D eigenvalue weighted by Gasteiger charge is 2.55. The Kier molecular flexibility index (Phi) is 4.07. The summed E-state index contributed by atoms with van der Waals surface area (Å²) < 4.78 is 0. The minimum Gasteiger partial charge on any atom is -0.394 e. The van der Waals surface area contributed by atoms with Crippen LogP contribution in [-0.4, -0.2) is 51.7 Å². The van der Waals surface area contributed by atoms with Crippen molar-refractivity contribution in [2.75, 3.05) is 13.7 Å². The minimum atomic E-state index is -1.10. The van der Waals surface area contributed by atoms with Gasteiger partial charge in [0.15, 0.2) is 0 Å². The standard InChI is InChI=1S/C12H17N3O4S/c1-7-13-5-9(20-7)12(3-4-12)11(18)15(2)8(6-16)10(17)14-19/h5,8,16,19H,3-4,6H2,1-2H3,(H,14,17)/t8-/m1/s1. The van der Waals surface area contributed by atoms with Crippen molar-refractivity contribution >= 4 is 23.2 Å². The first kappa shape index (κ1) is 14.9. The number of nitrogens with one attached hydrogen (secondary N) is 1. The molecule has 3 N–H and O–H groups in total. The number of aromatic nitrogens is 1. The van der Waals surface area contributed by atoms with Crippen LogP contribution in [0.3, 0.4) is 0 Å². The van der Waals surface area contributed by atoms with E-state index in [4.69, 9.17) is 5.21 Å². The van der Waals surface area contributed by atoms with Gasteiger partial charge in [-0.15, -0.1) is 11.3 Å². The van der Waals surface area contributed by atoms with Crippen LogP contribution in [-0.2, 0) is 15.0 Å². The molecule has 0 aromatic carbocycles. The fourth-order valence-electron chi connectivity index (χ4n) is 2.21. The van der Waals surface area contributed by atoms with E-state index in [9.17, 15) is 14.7 Å². The van der Waals surface area contributed by atoms with Crippen LogP contribution in [0, 0.1) is 6.92 Å². The molecule has 7 nitrogen and oxygen atoms in total. The predicted octanol–water partition coefficient (Wildman–Crippen LogP) is -0.192. The summed E-state index contributed by atoms with van der Waals surface area (Å²) in [5.41, 5.74) is 0.844. The van der Waals surface area contributed by atoms with Crippen molar-refractivity contribution in [2.24, 2.45) is 0 Å². The molecule has 1 aromatic heterocycles. The Morgan fingerprint density at radius 2 is 2.25 bits per heavy atom. The fraction of sp³-hybridized carbons (Fsp3) is 0.583. The topological polar surface area (TPSA) is 103 Å². The first-order chi connectivity index (χ1) is 9.46. The molecule has 2 amide bonds. The zero-order valence-corrected chi connectivity index (χ0v) is 12.1. The number of rotatable bonds is 5. The van der Waals surface area contributed by atoms with E-state index in [0.717, 1.165) is 9.88 Å². The first-order valence-electron chi connectivity index (χ1n) is 6.21. The first-order valence-corrected chi connectivity index (χ1v) is 7.03. The lowest BCUT2D eigenvalue weighted by Crippen LogP contribution is -2.51. The largest absolute Gasteiger partial charge is 0.394 e. The van der Waals surface area contributed by atoms with Crippen LogP contribution in [0.4, 0.5) is 0 Å². The highest BCUT2D eigenvalue weighted by atomic mass is 32.1. The maximum Gasteiger partial charge on any atom is 0.268 e. The lowest BCUT2D eigenvalue weighted by atomic mass is 10.0. The molecule has 1 heterocycles. The van der Waals surface area contributed by atoms with Gasteiger partial charge in [0, 0.05) is 18.1 Å². The van der Waals surface area contributed by atoms with Gasteiger partial charge in [0.05, 0.1) is 17.0 Å². The van der Waals surface area contributed by atoms with Gasteiger partial charge in [0.2, 0.25) is 5.91 Å².